The third kappa shape index (κ3) is 7.93. The molecule has 366 valence electrons. The highest BCUT2D eigenvalue weighted by molar-refractivity contribution is 7.90. The van der Waals surface area contributed by atoms with Gasteiger partial charge in [-0.05, 0) is 86.1 Å². The molecular weight excluding hydrogens is 928 g/mol. The zero-order valence-electron chi connectivity index (χ0n) is 38.6. The minimum atomic E-state index is -4.36. The number of ether oxygens (including phenoxy) is 1. The maximum Gasteiger partial charge on any atom is 0.301 e. The smallest absolute Gasteiger partial charge is 0.301 e. The van der Waals surface area contributed by atoms with Crippen molar-refractivity contribution < 1.29 is 45.5 Å². The van der Waals surface area contributed by atoms with E-state index in [0.29, 0.717) is 52.8 Å². The number of nitrogens with zero attached hydrogens (tertiary/aromatic N) is 6. The number of carbonyl (C=O) groups excluding carboxylic acids is 4. The van der Waals surface area contributed by atoms with Gasteiger partial charge >= 0.3 is 10.2 Å². The van der Waals surface area contributed by atoms with Crippen LogP contribution in [-0.4, -0.2) is 134 Å². The van der Waals surface area contributed by atoms with Gasteiger partial charge in [-0.25, -0.2) is 18.2 Å². The van der Waals surface area contributed by atoms with E-state index < -0.39 is 57.0 Å². The molecule has 3 aromatic carbocycles. The third-order valence-corrected chi connectivity index (χ3v) is 17.0. The third-order valence-electron chi connectivity index (χ3n) is 15.6. The lowest BCUT2D eigenvalue weighted by Gasteiger charge is -2.66. The number of amides is 3. The average molecular weight is 980 g/mol. The normalized spacial score (nSPS) is 22.9. The highest BCUT2D eigenvalue weighted by atomic mass is 32.2. The number of likely N-dealkylation sites (tertiary alicyclic amines) is 1. The molecule has 6 aliphatic heterocycles. The van der Waals surface area contributed by atoms with E-state index in [4.69, 9.17) is 4.74 Å². The van der Waals surface area contributed by atoms with E-state index in [1.165, 1.54) is 6.20 Å². The van der Waals surface area contributed by atoms with E-state index in [0.717, 1.165) is 91.0 Å². The minimum absolute atomic E-state index is 0.00251. The molecule has 0 saturated carbocycles. The minimum Gasteiger partial charge on any atom is -0.496 e. The number of fused-ring (bicyclic) bond motifs is 2. The summed E-state index contributed by atoms with van der Waals surface area (Å²) in [5.74, 6) is -3.48. The average Bonchev–Trinajstić information content (AvgIpc) is 4.07. The molecule has 6 aliphatic rings. The number of nitrogens with one attached hydrogen (secondary N) is 3. The Morgan fingerprint density at radius 3 is 2.40 bits per heavy atom. The Kier molecular flexibility index (Phi) is 11.4. The lowest BCUT2D eigenvalue weighted by atomic mass is 9.65. The second-order valence-electron chi connectivity index (χ2n) is 19.7. The Hall–Kier alpha value is -6.51. The number of hydrogen-bond acceptors (Lipinski definition) is 11. The molecular formula is C50H52F3N9O7S. The molecule has 3 N–H and O–H groups in total. The number of H-pyrrole nitrogens is 1. The molecule has 5 fully saturated rings. The summed E-state index contributed by atoms with van der Waals surface area (Å²) in [4.78, 5) is 67.9. The number of ketones is 1. The van der Waals surface area contributed by atoms with Crippen molar-refractivity contribution >= 4 is 61.8 Å². The Labute approximate surface area is 402 Å². The summed E-state index contributed by atoms with van der Waals surface area (Å²) in [6.45, 7) is 7.88. The first-order valence-electron chi connectivity index (χ1n) is 23.7. The molecule has 8 heterocycles. The molecule has 0 radical (unpaired) electrons. The van der Waals surface area contributed by atoms with Crippen LogP contribution in [0.2, 0.25) is 0 Å². The molecule has 70 heavy (non-hydrogen) atoms. The van der Waals surface area contributed by atoms with Gasteiger partial charge in [-0.15, -0.1) is 0 Å². The molecule has 20 heteroatoms. The van der Waals surface area contributed by atoms with E-state index in [2.05, 4.69) is 49.0 Å². The first-order valence-corrected chi connectivity index (χ1v) is 25.2. The molecule has 1 unspecified atom stereocenters. The van der Waals surface area contributed by atoms with Crippen LogP contribution in [-0.2, 0) is 26.3 Å². The molecule has 5 saturated heterocycles. The second kappa shape index (κ2) is 17.4. The molecule has 11 rings (SSSR count). The van der Waals surface area contributed by atoms with Gasteiger partial charge in [-0.1, -0.05) is 12.1 Å². The Morgan fingerprint density at radius 2 is 1.70 bits per heavy atom. The molecule has 16 nitrogen and oxygen atoms in total. The molecule has 2 aromatic heterocycles. The van der Waals surface area contributed by atoms with Crippen LogP contribution in [0.3, 0.4) is 0 Å². The van der Waals surface area contributed by atoms with Gasteiger partial charge in [0.2, 0.25) is 17.6 Å². The van der Waals surface area contributed by atoms with Crippen LogP contribution in [0.15, 0.2) is 67.0 Å². The monoisotopic (exact) mass is 979 g/mol. The molecule has 3 amide bonds. The van der Waals surface area contributed by atoms with Gasteiger partial charge in [0.05, 0.1) is 23.9 Å². The molecule has 0 bridgehead atoms. The van der Waals surface area contributed by atoms with Crippen molar-refractivity contribution in [2.24, 2.45) is 11.3 Å². The quantitative estimate of drug-likeness (QED) is 0.104. The van der Waals surface area contributed by atoms with Crippen LogP contribution in [0, 0.1) is 23.0 Å². The van der Waals surface area contributed by atoms with E-state index in [1.807, 2.05) is 29.0 Å². The lowest BCUT2D eigenvalue weighted by molar-refractivity contribution is -0.136. The second-order valence-corrected chi connectivity index (χ2v) is 21.3. The Bertz CT molecular complexity index is 3080. The Morgan fingerprint density at radius 1 is 0.929 bits per heavy atom. The van der Waals surface area contributed by atoms with E-state index in [9.17, 15) is 32.0 Å². The largest absolute Gasteiger partial charge is 0.496 e. The van der Waals surface area contributed by atoms with Crippen molar-refractivity contribution in [1.82, 2.24) is 29.4 Å². The van der Waals surface area contributed by atoms with Crippen LogP contribution in [0.5, 0.6) is 5.75 Å². The fourth-order valence-corrected chi connectivity index (χ4v) is 12.7. The first-order chi connectivity index (χ1) is 33.6. The number of imide groups is 1. The summed E-state index contributed by atoms with van der Waals surface area (Å²) in [5.41, 5.74) is 3.85. The molecule has 0 aliphatic carbocycles. The van der Waals surface area contributed by atoms with Crippen LogP contribution in [0.1, 0.15) is 70.9 Å². The van der Waals surface area contributed by atoms with Crippen LogP contribution in [0.25, 0.3) is 22.2 Å². The summed E-state index contributed by atoms with van der Waals surface area (Å²) < 4.78 is 79.0. The van der Waals surface area contributed by atoms with Gasteiger partial charge in [-0.3, -0.25) is 34.1 Å². The van der Waals surface area contributed by atoms with Gasteiger partial charge in [0.1, 0.15) is 29.4 Å². The summed E-state index contributed by atoms with van der Waals surface area (Å²) in [6, 6.07) is 15.2. The predicted molar refractivity (Wildman–Crippen MR) is 255 cm³/mol. The number of carbonyl (C=O) groups is 4. The number of rotatable bonds is 12. The number of aromatic nitrogens is 2. The lowest BCUT2D eigenvalue weighted by Crippen LogP contribution is -2.77. The van der Waals surface area contributed by atoms with Crippen molar-refractivity contribution in [3.8, 4) is 16.9 Å². The number of halogens is 3. The summed E-state index contributed by atoms with van der Waals surface area (Å²) in [7, 11) is -2.80. The van der Waals surface area contributed by atoms with Crippen LogP contribution >= 0.6 is 0 Å². The van der Waals surface area contributed by atoms with Gasteiger partial charge in [0.15, 0.2) is 5.82 Å². The highest BCUT2D eigenvalue weighted by Crippen LogP contribution is 2.49. The summed E-state index contributed by atoms with van der Waals surface area (Å²) >= 11 is 0. The number of hydrogen-bond donors (Lipinski definition) is 3. The maximum absolute atomic E-state index is 15.8. The van der Waals surface area contributed by atoms with E-state index in [1.54, 1.807) is 24.3 Å². The van der Waals surface area contributed by atoms with Gasteiger partial charge in [0, 0.05) is 123 Å². The zero-order chi connectivity index (χ0) is 48.8. The topological polar surface area (TPSA) is 181 Å². The molecule has 3 atom stereocenters. The van der Waals surface area contributed by atoms with E-state index >= 15 is 8.78 Å². The number of piperidine rings is 2. The number of methoxy groups -OCH3 is 1. The first kappa shape index (κ1) is 45.9. The number of benzene rings is 3. The highest BCUT2D eigenvalue weighted by Gasteiger charge is 2.57. The maximum atomic E-state index is 15.8. The number of alkyl halides is 1. The van der Waals surface area contributed by atoms with Crippen molar-refractivity contribution in [1.29, 1.82) is 0 Å². The van der Waals surface area contributed by atoms with Gasteiger partial charge in [0.25, 0.3) is 5.91 Å². The summed E-state index contributed by atoms with van der Waals surface area (Å²) in [5, 5.41) is 2.70. The van der Waals surface area contributed by atoms with Crippen molar-refractivity contribution in [3.63, 3.8) is 0 Å². The predicted octanol–water partition coefficient (Wildman–Crippen LogP) is 5.64. The standard InChI is InChI=1S/C50H52F3N9O7S/c1-28-50(26-60(27-50)35-17-32-23-62(40-9-10-42(63)56-48(40)65)49(66)43(32)41(19-35)69-2)25-59(28)22-29-11-14-58(15-12-29)34-5-3-30(4-6-34)31-18-36-37(21-55-47(36)54-20-31)46(64)44-38(52)7-8-39(45(44)53)57-70(67,68)61-16-13-33(51)24-61/h3-8,17-21,28-29,33,40,57H,9-16,22-27H2,1-2H3,(H,54,55)(H,56,63,65)/t28-,33-,40?/m1/s1. The van der Waals surface area contributed by atoms with Gasteiger partial charge < -0.3 is 24.4 Å². The number of aromatic amines is 1. The molecule has 1 spiro atoms. The van der Waals surface area contributed by atoms with Gasteiger partial charge in [-0.2, -0.15) is 12.7 Å². The number of pyridine rings is 1. The Balaban J connectivity index is 0.687. The fraction of sp³-hybridized carbons (Fsp3) is 0.420. The molecule has 5 aromatic rings. The summed E-state index contributed by atoms with van der Waals surface area (Å²) in [6.07, 6.45) is 4.26. The van der Waals surface area contributed by atoms with Crippen molar-refractivity contribution in [3.05, 3.63) is 101 Å². The zero-order valence-corrected chi connectivity index (χ0v) is 39.5. The van der Waals surface area contributed by atoms with Crippen molar-refractivity contribution in [2.45, 2.75) is 63.8 Å². The van der Waals surface area contributed by atoms with Crippen LogP contribution < -0.4 is 24.6 Å². The van der Waals surface area contributed by atoms with Crippen molar-refractivity contribution in [2.75, 3.05) is 74.0 Å². The SMILES string of the molecule is COc1cc(N2CC3(C2)CN(CC2CCN(c4ccc(-c5cnc6[nH]cc(C(=O)c7c(F)ccc(NS(=O)(=O)N8CC[C@@H](F)C8)c7F)c6c5)cc4)CC2)[C@@H]3C)cc2c1C(=O)N(C1CCC(=O)NC1=O)C2. The van der Waals surface area contributed by atoms with Crippen LogP contribution in [0.4, 0.5) is 30.2 Å². The van der Waals surface area contributed by atoms with E-state index in [-0.39, 0.29) is 48.7 Å². The fourth-order valence-electron chi connectivity index (χ4n) is 11.4. The number of anilines is 3.